The van der Waals surface area contributed by atoms with Crippen LogP contribution in [0.4, 0.5) is 4.39 Å². The molecule has 0 spiro atoms. The van der Waals surface area contributed by atoms with Crippen LogP contribution in [0.1, 0.15) is 23.7 Å². The number of carbonyl (C=O) groups is 1. The summed E-state index contributed by atoms with van der Waals surface area (Å²) in [6, 6.07) is 3.97. The summed E-state index contributed by atoms with van der Waals surface area (Å²) in [6.07, 6.45) is 0.416. The van der Waals surface area contributed by atoms with E-state index >= 15 is 0 Å². The molecule has 0 atom stereocenters. The Balaban J connectivity index is 3.09. The van der Waals surface area contributed by atoms with Gasteiger partial charge in [0.2, 0.25) is 0 Å². The van der Waals surface area contributed by atoms with Crippen LogP contribution < -0.4 is 0 Å². The van der Waals surface area contributed by atoms with Crippen molar-refractivity contribution < 1.29 is 9.18 Å². The summed E-state index contributed by atoms with van der Waals surface area (Å²) in [5.74, 6) is -0.382. The molecule has 12 heavy (non-hydrogen) atoms. The molecule has 0 aliphatic rings. The quantitative estimate of drug-likeness (QED) is 0.552. The van der Waals surface area contributed by atoms with Gasteiger partial charge in [-0.1, -0.05) is 6.92 Å². The Hall–Kier alpha value is -0.830. The first-order valence-electron chi connectivity index (χ1n) is 3.67. The number of hydrogen-bond donors (Lipinski definition) is 1. The van der Waals surface area contributed by atoms with Gasteiger partial charge in [0, 0.05) is 16.9 Å². The van der Waals surface area contributed by atoms with E-state index in [4.69, 9.17) is 0 Å². The average molecular weight is 184 g/mol. The molecule has 0 aromatic heterocycles. The Bertz CT molecular complexity index is 309. The average Bonchev–Trinajstić information content (AvgIpc) is 2.03. The van der Waals surface area contributed by atoms with Crippen LogP contribution in [0.2, 0.25) is 0 Å². The Morgan fingerprint density at radius 3 is 2.75 bits per heavy atom. The number of halogens is 1. The fourth-order valence-electron chi connectivity index (χ4n) is 0.931. The van der Waals surface area contributed by atoms with Crippen LogP contribution in [0, 0.1) is 5.82 Å². The van der Waals surface area contributed by atoms with Crippen LogP contribution in [-0.4, -0.2) is 5.78 Å². The van der Waals surface area contributed by atoms with Gasteiger partial charge in [-0.2, -0.15) is 0 Å². The summed E-state index contributed by atoms with van der Waals surface area (Å²) in [5.41, 5.74) is 0.488. The van der Waals surface area contributed by atoms with Gasteiger partial charge in [0.05, 0.1) is 0 Å². The van der Waals surface area contributed by atoms with Gasteiger partial charge < -0.3 is 0 Å². The van der Waals surface area contributed by atoms with Crippen LogP contribution in [-0.2, 0) is 0 Å². The van der Waals surface area contributed by atoms with Gasteiger partial charge in [-0.3, -0.25) is 4.79 Å². The molecule has 3 heteroatoms. The largest absolute Gasteiger partial charge is 0.294 e. The number of hydrogen-bond acceptors (Lipinski definition) is 2. The van der Waals surface area contributed by atoms with Crippen molar-refractivity contribution in [3.63, 3.8) is 0 Å². The standard InChI is InChI=1S/C9H9FOS/c1-2-8(11)7-4-3-6(10)5-9(7)12/h3-5,12H,2H2,1H3. The van der Waals surface area contributed by atoms with Gasteiger partial charge in [0.1, 0.15) is 5.82 Å². The summed E-state index contributed by atoms with van der Waals surface area (Å²) in [4.78, 5) is 11.6. The molecule has 64 valence electrons. The summed E-state index contributed by atoms with van der Waals surface area (Å²) in [5, 5.41) is 0. The molecule has 1 nitrogen and oxygen atoms in total. The van der Waals surface area contributed by atoms with Crippen molar-refractivity contribution in [2.45, 2.75) is 18.2 Å². The van der Waals surface area contributed by atoms with Crippen molar-refractivity contribution in [2.24, 2.45) is 0 Å². The lowest BCUT2D eigenvalue weighted by molar-refractivity contribution is 0.0985. The van der Waals surface area contributed by atoms with Gasteiger partial charge in [0.25, 0.3) is 0 Å². The number of rotatable bonds is 2. The Labute approximate surface area is 76.0 Å². The number of Topliss-reactive ketones (excluding diaryl/α,β-unsaturated/α-hetero) is 1. The number of thiol groups is 1. The molecule has 0 saturated carbocycles. The first-order valence-corrected chi connectivity index (χ1v) is 4.11. The lowest BCUT2D eigenvalue weighted by Gasteiger charge is -2.01. The first-order chi connectivity index (χ1) is 5.65. The highest BCUT2D eigenvalue weighted by molar-refractivity contribution is 7.80. The van der Waals surface area contributed by atoms with Crippen molar-refractivity contribution in [1.82, 2.24) is 0 Å². The van der Waals surface area contributed by atoms with Crippen LogP contribution in [0.5, 0.6) is 0 Å². The minimum absolute atomic E-state index is 0.0139. The number of benzene rings is 1. The van der Waals surface area contributed by atoms with Crippen LogP contribution in [0.3, 0.4) is 0 Å². The molecule has 0 saturated heterocycles. The summed E-state index contributed by atoms with van der Waals surface area (Å²) in [7, 11) is 0. The molecule has 1 aromatic carbocycles. The minimum Gasteiger partial charge on any atom is -0.294 e. The highest BCUT2D eigenvalue weighted by Gasteiger charge is 2.07. The molecule has 1 aromatic rings. The van der Waals surface area contributed by atoms with Crippen LogP contribution >= 0.6 is 12.6 Å². The highest BCUT2D eigenvalue weighted by Crippen LogP contribution is 2.16. The molecule has 0 amide bonds. The fourth-order valence-corrected chi connectivity index (χ4v) is 1.25. The van der Waals surface area contributed by atoms with E-state index in [2.05, 4.69) is 12.6 Å². The van der Waals surface area contributed by atoms with Crippen molar-refractivity contribution in [2.75, 3.05) is 0 Å². The first kappa shape index (κ1) is 9.26. The zero-order valence-electron chi connectivity index (χ0n) is 6.67. The van der Waals surface area contributed by atoms with Crippen LogP contribution in [0.25, 0.3) is 0 Å². The maximum Gasteiger partial charge on any atom is 0.163 e. The maximum atomic E-state index is 12.6. The van der Waals surface area contributed by atoms with Crippen molar-refractivity contribution >= 4 is 18.4 Å². The summed E-state index contributed by atoms with van der Waals surface area (Å²) < 4.78 is 12.6. The second-order valence-corrected chi connectivity index (χ2v) is 2.92. The van der Waals surface area contributed by atoms with E-state index < -0.39 is 0 Å². The van der Waals surface area contributed by atoms with Gasteiger partial charge in [-0.05, 0) is 18.2 Å². The molecule has 0 unspecified atom stereocenters. The molecule has 0 aliphatic carbocycles. The van der Waals surface area contributed by atoms with E-state index in [-0.39, 0.29) is 11.6 Å². The molecule has 0 bridgehead atoms. The third-order valence-electron chi connectivity index (χ3n) is 1.58. The SMILES string of the molecule is CCC(=O)c1ccc(F)cc1S. The molecule has 0 heterocycles. The summed E-state index contributed by atoms with van der Waals surface area (Å²) >= 11 is 4.00. The van der Waals surface area contributed by atoms with Gasteiger partial charge in [-0.25, -0.2) is 4.39 Å². The molecule has 0 aliphatic heterocycles. The van der Waals surface area contributed by atoms with Gasteiger partial charge >= 0.3 is 0 Å². The summed E-state index contributed by atoms with van der Waals surface area (Å²) in [6.45, 7) is 1.76. The predicted octanol–water partition coefficient (Wildman–Crippen LogP) is 2.71. The second-order valence-electron chi connectivity index (χ2n) is 2.44. The van der Waals surface area contributed by atoms with E-state index in [1.807, 2.05) is 0 Å². The Morgan fingerprint density at radius 2 is 2.25 bits per heavy atom. The third-order valence-corrected chi connectivity index (χ3v) is 1.95. The second kappa shape index (κ2) is 3.72. The zero-order chi connectivity index (χ0) is 9.14. The number of carbonyl (C=O) groups excluding carboxylic acids is 1. The smallest absolute Gasteiger partial charge is 0.163 e. The fraction of sp³-hybridized carbons (Fsp3) is 0.222. The van der Waals surface area contributed by atoms with E-state index in [9.17, 15) is 9.18 Å². The maximum absolute atomic E-state index is 12.6. The molecule has 0 N–H and O–H groups in total. The van der Waals surface area contributed by atoms with E-state index in [0.29, 0.717) is 16.9 Å². The van der Waals surface area contributed by atoms with E-state index in [1.165, 1.54) is 18.2 Å². The van der Waals surface area contributed by atoms with Gasteiger partial charge in [-0.15, -0.1) is 12.6 Å². The van der Waals surface area contributed by atoms with E-state index in [1.54, 1.807) is 6.92 Å². The van der Waals surface area contributed by atoms with Crippen molar-refractivity contribution in [1.29, 1.82) is 0 Å². The third kappa shape index (κ3) is 1.85. The monoisotopic (exact) mass is 184 g/mol. The van der Waals surface area contributed by atoms with Gasteiger partial charge in [0.15, 0.2) is 5.78 Å². The van der Waals surface area contributed by atoms with E-state index in [0.717, 1.165) is 0 Å². The molecule has 0 radical (unpaired) electrons. The predicted molar refractivity (Wildman–Crippen MR) is 48.3 cm³/mol. The Morgan fingerprint density at radius 1 is 1.58 bits per heavy atom. The normalized spacial score (nSPS) is 9.92. The molecular formula is C9H9FOS. The lowest BCUT2D eigenvalue weighted by atomic mass is 10.1. The van der Waals surface area contributed by atoms with Crippen LogP contribution in [0.15, 0.2) is 23.1 Å². The Kier molecular flexibility index (Phi) is 2.87. The molecular weight excluding hydrogens is 175 g/mol. The minimum atomic E-state index is -0.368. The molecule has 0 fully saturated rings. The zero-order valence-corrected chi connectivity index (χ0v) is 7.57. The highest BCUT2D eigenvalue weighted by atomic mass is 32.1. The topological polar surface area (TPSA) is 17.1 Å². The number of ketones is 1. The van der Waals surface area contributed by atoms with Crippen molar-refractivity contribution in [3.05, 3.63) is 29.6 Å². The molecule has 1 rings (SSSR count). The van der Waals surface area contributed by atoms with Crippen molar-refractivity contribution in [3.8, 4) is 0 Å². The lowest BCUT2D eigenvalue weighted by Crippen LogP contribution is -1.98.